The van der Waals surface area contributed by atoms with Crippen molar-refractivity contribution in [1.29, 1.82) is 5.26 Å². The second kappa shape index (κ2) is 15.7. The van der Waals surface area contributed by atoms with Crippen molar-refractivity contribution >= 4 is 17.9 Å². The summed E-state index contributed by atoms with van der Waals surface area (Å²) in [6, 6.07) is 23.9. The summed E-state index contributed by atoms with van der Waals surface area (Å²) in [4.78, 5) is 13.3. The molecule has 3 aromatic carbocycles. The van der Waals surface area contributed by atoms with Gasteiger partial charge in [-0.25, -0.2) is 9.11 Å². The number of carbonyl (C=O) groups excluding carboxylic acids is 1. The molecule has 0 saturated heterocycles. The highest BCUT2D eigenvalue weighted by atomic mass is 32.2. The molecule has 6 heteroatoms. The van der Waals surface area contributed by atoms with Gasteiger partial charge in [0.15, 0.2) is 0 Å². The van der Waals surface area contributed by atoms with E-state index >= 15 is 0 Å². The lowest BCUT2D eigenvalue weighted by atomic mass is 10.1. The first-order valence-electron chi connectivity index (χ1n) is 11.9. The molecule has 0 aliphatic heterocycles. The maximum absolute atomic E-state index is 12.9. The van der Waals surface area contributed by atoms with Crippen LogP contribution in [-0.4, -0.2) is 11.9 Å². The third kappa shape index (κ3) is 10.8. The van der Waals surface area contributed by atoms with Gasteiger partial charge in [0.05, 0.1) is 17.7 Å². The summed E-state index contributed by atoms with van der Waals surface area (Å²) < 4.78 is 16.1. The Labute approximate surface area is 213 Å². The fraction of sp³-hybridized carbons (Fsp3) is 0.310. The number of nitrogens with one attached hydrogen (secondary N) is 2. The van der Waals surface area contributed by atoms with E-state index in [0.717, 1.165) is 41.7 Å². The molecule has 184 valence electrons. The number of carbonyl (C=O) groups is 1. The van der Waals surface area contributed by atoms with Crippen LogP contribution in [0.15, 0.2) is 77.7 Å². The third-order valence-corrected chi connectivity index (χ3v) is 6.11. The second-order valence-corrected chi connectivity index (χ2v) is 9.19. The molecular formula is C29H34FN3OS. The normalized spacial score (nSPS) is 11.1. The van der Waals surface area contributed by atoms with Crippen molar-refractivity contribution in [2.75, 3.05) is 0 Å². The van der Waals surface area contributed by atoms with Crippen molar-refractivity contribution in [3.05, 3.63) is 101 Å². The number of halogens is 1. The average Bonchev–Trinajstić information content (AvgIpc) is 2.87. The van der Waals surface area contributed by atoms with Crippen molar-refractivity contribution in [3.8, 4) is 6.07 Å². The Kier molecular flexibility index (Phi) is 12.6. The van der Waals surface area contributed by atoms with E-state index in [-0.39, 0.29) is 17.8 Å². The molecular weight excluding hydrogens is 457 g/mol. The first-order valence-corrected chi connectivity index (χ1v) is 12.8. The van der Waals surface area contributed by atoms with Gasteiger partial charge in [-0.05, 0) is 79.2 Å². The first-order chi connectivity index (χ1) is 16.9. The highest BCUT2D eigenvalue weighted by Gasteiger charge is 2.17. The average molecular weight is 492 g/mol. The summed E-state index contributed by atoms with van der Waals surface area (Å²) >= 11 is 1.35. The SMILES string of the molecule is CCCC(NSc1ccc(F)cc1)C(=O)NCc1cccc(C)c1.CCCc1ccc(C#N)cc1. The highest BCUT2D eigenvalue weighted by molar-refractivity contribution is 7.97. The van der Waals surface area contributed by atoms with Crippen molar-refractivity contribution in [2.24, 2.45) is 0 Å². The van der Waals surface area contributed by atoms with Gasteiger partial charge in [0, 0.05) is 11.4 Å². The Morgan fingerprint density at radius 3 is 2.31 bits per heavy atom. The molecule has 0 saturated carbocycles. The van der Waals surface area contributed by atoms with E-state index in [1.165, 1.54) is 35.2 Å². The van der Waals surface area contributed by atoms with E-state index in [4.69, 9.17) is 5.26 Å². The Morgan fingerprint density at radius 2 is 1.71 bits per heavy atom. The number of nitriles is 1. The number of hydrogen-bond acceptors (Lipinski definition) is 4. The largest absolute Gasteiger partial charge is 0.351 e. The lowest BCUT2D eigenvalue weighted by Crippen LogP contribution is -2.41. The smallest absolute Gasteiger partial charge is 0.238 e. The highest BCUT2D eigenvalue weighted by Crippen LogP contribution is 2.17. The maximum atomic E-state index is 12.9. The number of hydrogen-bond donors (Lipinski definition) is 2. The molecule has 0 aliphatic rings. The maximum Gasteiger partial charge on any atom is 0.238 e. The van der Waals surface area contributed by atoms with Crippen molar-refractivity contribution < 1.29 is 9.18 Å². The predicted molar refractivity (Wildman–Crippen MR) is 142 cm³/mol. The van der Waals surface area contributed by atoms with Crippen LogP contribution >= 0.6 is 11.9 Å². The summed E-state index contributed by atoms with van der Waals surface area (Å²) in [5.41, 5.74) is 4.32. The molecule has 4 nitrogen and oxygen atoms in total. The Hall–Kier alpha value is -3.14. The van der Waals surface area contributed by atoms with E-state index in [9.17, 15) is 9.18 Å². The molecule has 0 aliphatic carbocycles. The summed E-state index contributed by atoms with van der Waals surface area (Å²) in [6.07, 6.45) is 3.91. The number of aryl methyl sites for hydroxylation is 2. The summed E-state index contributed by atoms with van der Waals surface area (Å²) in [6.45, 7) is 6.75. The molecule has 3 rings (SSSR count). The van der Waals surface area contributed by atoms with Gasteiger partial charge in [-0.3, -0.25) is 4.79 Å². The van der Waals surface area contributed by atoms with E-state index in [0.29, 0.717) is 6.54 Å². The van der Waals surface area contributed by atoms with Crippen molar-refractivity contribution in [2.45, 2.75) is 63.9 Å². The predicted octanol–water partition coefficient (Wildman–Crippen LogP) is 6.73. The Morgan fingerprint density at radius 1 is 1.00 bits per heavy atom. The van der Waals surface area contributed by atoms with Gasteiger partial charge in [0.25, 0.3) is 0 Å². The van der Waals surface area contributed by atoms with Crippen LogP contribution in [0.4, 0.5) is 4.39 Å². The number of rotatable bonds is 10. The molecule has 1 amide bonds. The fourth-order valence-electron chi connectivity index (χ4n) is 3.34. The Bertz CT molecular complexity index is 1080. The van der Waals surface area contributed by atoms with Gasteiger partial charge in [-0.15, -0.1) is 0 Å². The van der Waals surface area contributed by atoms with Gasteiger partial charge in [0.2, 0.25) is 5.91 Å². The van der Waals surface area contributed by atoms with Crippen LogP contribution in [0.2, 0.25) is 0 Å². The molecule has 2 N–H and O–H groups in total. The van der Waals surface area contributed by atoms with Crippen LogP contribution in [0, 0.1) is 24.1 Å². The van der Waals surface area contributed by atoms with Crippen molar-refractivity contribution in [1.82, 2.24) is 10.0 Å². The van der Waals surface area contributed by atoms with Crippen LogP contribution in [0.1, 0.15) is 55.4 Å². The summed E-state index contributed by atoms with van der Waals surface area (Å²) in [5.74, 6) is -0.284. The molecule has 0 radical (unpaired) electrons. The van der Waals surface area contributed by atoms with Crippen LogP contribution in [0.3, 0.4) is 0 Å². The zero-order valence-electron chi connectivity index (χ0n) is 20.7. The van der Waals surface area contributed by atoms with Gasteiger partial charge >= 0.3 is 0 Å². The van der Waals surface area contributed by atoms with Gasteiger partial charge in [-0.1, -0.05) is 68.7 Å². The molecule has 0 aromatic heterocycles. The minimum absolute atomic E-state index is 0.0204. The molecule has 1 atom stereocenters. The van der Waals surface area contributed by atoms with E-state index in [1.54, 1.807) is 12.1 Å². The molecule has 3 aromatic rings. The summed E-state index contributed by atoms with van der Waals surface area (Å²) in [5, 5.41) is 11.5. The third-order valence-electron chi connectivity index (χ3n) is 5.20. The fourth-order valence-corrected chi connectivity index (χ4v) is 4.12. The molecule has 1 unspecified atom stereocenters. The quantitative estimate of drug-likeness (QED) is 0.309. The first kappa shape index (κ1) is 28.1. The van der Waals surface area contributed by atoms with Gasteiger partial charge in [0.1, 0.15) is 5.82 Å². The topological polar surface area (TPSA) is 64.9 Å². The van der Waals surface area contributed by atoms with Gasteiger partial charge < -0.3 is 5.32 Å². The van der Waals surface area contributed by atoms with Gasteiger partial charge in [-0.2, -0.15) is 5.26 Å². The summed E-state index contributed by atoms with van der Waals surface area (Å²) in [7, 11) is 0. The van der Waals surface area contributed by atoms with E-state index in [2.05, 4.69) is 29.1 Å². The van der Waals surface area contributed by atoms with Crippen LogP contribution in [0.25, 0.3) is 0 Å². The molecule has 35 heavy (non-hydrogen) atoms. The van der Waals surface area contributed by atoms with E-state index < -0.39 is 0 Å². The zero-order valence-corrected chi connectivity index (χ0v) is 21.5. The van der Waals surface area contributed by atoms with Crippen molar-refractivity contribution in [3.63, 3.8) is 0 Å². The van der Waals surface area contributed by atoms with Crippen LogP contribution < -0.4 is 10.0 Å². The van der Waals surface area contributed by atoms with Crippen LogP contribution in [-0.2, 0) is 17.8 Å². The Balaban J connectivity index is 0.000000328. The molecule has 0 heterocycles. The lowest BCUT2D eigenvalue weighted by Gasteiger charge is -2.17. The molecule has 0 spiro atoms. The molecule has 0 bridgehead atoms. The zero-order chi connectivity index (χ0) is 25.5. The molecule has 0 fully saturated rings. The monoisotopic (exact) mass is 491 g/mol. The number of nitrogens with zero attached hydrogens (tertiary/aromatic N) is 1. The number of amides is 1. The van der Waals surface area contributed by atoms with Crippen LogP contribution in [0.5, 0.6) is 0 Å². The minimum atomic E-state index is -0.283. The lowest BCUT2D eigenvalue weighted by molar-refractivity contribution is -0.123. The second-order valence-electron chi connectivity index (χ2n) is 8.28. The van der Waals surface area contributed by atoms with E-state index in [1.807, 2.05) is 56.3 Å². The number of benzene rings is 3. The standard InChI is InChI=1S/C19H23FN2OS.C10H11N/c1-3-5-18(22-24-17-10-8-16(20)9-11-17)19(23)21-13-15-7-4-6-14(2)12-15;1-2-3-9-4-6-10(8-11)7-5-9/h4,6-12,18,22H,3,5,13H2,1-2H3,(H,21,23);4-7H,2-3H2,1H3. The minimum Gasteiger partial charge on any atom is -0.351 e.